The molecule has 0 bridgehead atoms. The van der Waals surface area contributed by atoms with Gasteiger partial charge in [-0.3, -0.25) is 9.59 Å². The maximum absolute atomic E-state index is 13.2. The van der Waals surface area contributed by atoms with Crippen molar-refractivity contribution in [2.75, 3.05) is 0 Å². The van der Waals surface area contributed by atoms with Crippen LogP contribution in [0.15, 0.2) is 83.7 Å². The van der Waals surface area contributed by atoms with Gasteiger partial charge in [-0.15, -0.1) is 11.3 Å². The van der Waals surface area contributed by atoms with E-state index in [0.717, 1.165) is 10.4 Å². The van der Waals surface area contributed by atoms with Crippen LogP contribution in [0.25, 0.3) is 21.7 Å². The van der Waals surface area contributed by atoms with Gasteiger partial charge in [0, 0.05) is 27.4 Å². The molecule has 0 N–H and O–H groups in total. The molecule has 2 aromatic carbocycles. The lowest BCUT2D eigenvalue weighted by molar-refractivity contribution is -0.134. The van der Waals surface area contributed by atoms with Gasteiger partial charge < -0.3 is 4.90 Å². The predicted molar refractivity (Wildman–Crippen MR) is 134 cm³/mol. The topological polar surface area (TPSA) is 55.2 Å². The summed E-state index contributed by atoms with van der Waals surface area (Å²) in [7, 11) is 0. The number of hydrogen-bond acceptors (Lipinski definition) is 4. The lowest BCUT2D eigenvalue weighted by Gasteiger charge is -2.26. The Morgan fingerprint density at radius 3 is 2.36 bits per heavy atom. The van der Waals surface area contributed by atoms with Gasteiger partial charge in [0.1, 0.15) is 6.54 Å². The number of carbonyl (C=O) groups excluding carboxylic acids is 1. The van der Waals surface area contributed by atoms with Crippen LogP contribution in [0, 0.1) is 6.92 Å². The van der Waals surface area contributed by atoms with Crippen molar-refractivity contribution < 1.29 is 4.79 Å². The molecular weight excluding hydrogens is 430 g/mol. The van der Waals surface area contributed by atoms with Crippen molar-refractivity contribution in [3.63, 3.8) is 0 Å². The number of thiophene rings is 1. The van der Waals surface area contributed by atoms with E-state index in [-0.39, 0.29) is 24.1 Å². The van der Waals surface area contributed by atoms with Crippen molar-refractivity contribution in [3.05, 3.63) is 99.7 Å². The number of nitrogens with zero attached hydrogens (tertiary/aromatic N) is 3. The first kappa shape index (κ1) is 22.7. The van der Waals surface area contributed by atoms with Crippen LogP contribution in [0.2, 0.25) is 0 Å². The van der Waals surface area contributed by atoms with Crippen molar-refractivity contribution in [1.29, 1.82) is 0 Å². The molecule has 0 atom stereocenters. The van der Waals surface area contributed by atoms with E-state index < -0.39 is 0 Å². The largest absolute Gasteiger partial charge is 0.334 e. The molecule has 0 unspecified atom stereocenters. The average Bonchev–Trinajstić information content (AvgIpc) is 3.28. The number of aryl methyl sites for hydroxylation is 1. The van der Waals surface area contributed by atoms with Crippen molar-refractivity contribution in [3.8, 4) is 21.7 Å². The highest BCUT2D eigenvalue weighted by Gasteiger charge is 2.20. The molecule has 0 saturated heterocycles. The van der Waals surface area contributed by atoms with Gasteiger partial charge in [-0.2, -0.15) is 5.10 Å². The highest BCUT2D eigenvalue weighted by molar-refractivity contribution is 7.15. The molecule has 0 saturated carbocycles. The molecule has 6 heteroatoms. The molecule has 0 aliphatic rings. The van der Waals surface area contributed by atoms with Crippen molar-refractivity contribution in [2.45, 2.75) is 39.9 Å². The van der Waals surface area contributed by atoms with E-state index >= 15 is 0 Å². The first-order chi connectivity index (χ1) is 15.9. The Kier molecular flexibility index (Phi) is 6.84. The van der Waals surface area contributed by atoms with Crippen LogP contribution in [0.1, 0.15) is 24.3 Å². The Bertz CT molecular complexity index is 1290. The zero-order valence-electron chi connectivity index (χ0n) is 19.1. The minimum absolute atomic E-state index is 0.00423. The fraction of sp³-hybridized carbons (Fsp3) is 0.222. The van der Waals surface area contributed by atoms with Crippen molar-refractivity contribution >= 4 is 17.2 Å². The molecule has 0 aliphatic carbocycles. The van der Waals surface area contributed by atoms with Crippen LogP contribution < -0.4 is 5.56 Å². The number of aromatic nitrogens is 2. The van der Waals surface area contributed by atoms with Gasteiger partial charge in [0.25, 0.3) is 5.56 Å². The summed E-state index contributed by atoms with van der Waals surface area (Å²) in [6.45, 7) is 6.46. The number of hydrogen-bond donors (Lipinski definition) is 0. The van der Waals surface area contributed by atoms with Gasteiger partial charge in [-0.25, -0.2) is 4.68 Å². The number of rotatable bonds is 7. The Morgan fingerprint density at radius 2 is 1.67 bits per heavy atom. The van der Waals surface area contributed by atoms with E-state index in [1.54, 1.807) is 22.3 Å². The van der Waals surface area contributed by atoms with Crippen LogP contribution in [-0.4, -0.2) is 26.6 Å². The maximum atomic E-state index is 13.2. The van der Waals surface area contributed by atoms with E-state index in [1.165, 1.54) is 26.8 Å². The van der Waals surface area contributed by atoms with Gasteiger partial charge in [0.15, 0.2) is 0 Å². The summed E-state index contributed by atoms with van der Waals surface area (Å²) in [5, 5.41) is 4.44. The summed E-state index contributed by atoms with van der Waals surface area (Å²) in [6.07, 6.45) is 0. The zero-order valence-corrected chi connectivity index (χ0v) is 19.9. The molecule has 0 aliphatic heterocycles. The van der Waals surface area contributed by atoms with Crippen LogP contribution in [-0.2, 0) is 17.9 Å². The molecular formula is C27H27N3O2S. The number of benzene rings is 2. The third-order valence-electron chi connectivity index (χ3n) is 5.49. The Hall–Kier alpha value is -3.51. The van der Waals surface area contributed by atoms with Crippen LogP contribution in [0.4, 0.5) is 0 Å². The third kappa shape index (κ3) is 5.46. The van der Waals surface area contributed by atoms with Gasteiger partial charge in [-0.1, -0.05) is 60.2 Å². The fourth-order valence-corrected chi connectivity index (χ4v) is 4.62. The summed E-state index contributed by atoms with van der Waals surface area (Å²) < 4.78 is 1.26. The van der Waals surface area contributed by atoms with Gasteiger partial charge in [0.05, 0.1) is 12.2 Å². The molecule has 4 aromatic rings. The molecule has 0 radical (unpaired) electrons. The minimum Gasteiger partial charge on any atom is -0.334 e. The van der Waals surface area contributed by atoms with E-state index in [9.17, 15) is 9.59 Å². The lowest BCUT2D eigenvalue weighted by atomic mass is 10.1. The SMILES string of the molecule is Cc1ccc(-c2ccc(CN(C(=O)Cn3nc(-c4ccccc4)ccc3=O)C(C)C)s2)cc1. The molecule has 0 spiro atoms. The second-order valence-electron chi connectivity index (χ2n) is 8.33. The second-order valence-corrected chi connectivity index (χ2v) is 9.50. The van der Waals surface area contributed by atoms with E-state index in [1.807, 2.05) is 44.2 Å². The van der Waals surface area contributed by atoms with Crippen LogP contribution >= 0.6 is 11.3 Å². The minimum atomic E-state index is -0.287. The fourth-order valence-electron chi connectivity index (χ4n) is 3.61. The quantitative estimate of drug-likeness (QED) is 0.374. The van der Waals surface area contributed by atoms with E-state index in [0.29, 0.717) is 12.2 Å². The Labute approximate surface area is 197 Å². The molecule has 0 fully saturated rings. The summed E-state index contributed by atoms with van der Waals surface area (Å²) in [5.74, 6) is -0.130. The highest BCUT2D eigenvalue weighted by atomic mass is 32.1. The van der Waals surface area contributed by atoms with Crippen molar-refractivity contribution in [2.24, 2.45) is 0 Å². The molecule has 5 nitrogen and oxygen atoms in total. The van der Waals surface area contributed by atoms with Gasteiger partial charge >= 0.3 is 0 Å². The van der Waals surface area contributed by atoms with Crippen LogP contribution in [0.3, 0.4) is 0 Å². The average molecular weight is 458 g/mol. The highest BCUT2D eigenvalue weighted by Crippen LogP contribution is 2.29. The normalized spacial score (nSPS) is 11.0. The van der Waals surface area contributed by atoms with E-state index in [2.05, 4.69) is 48.4 Å². The predicted octanol–water partition coefficient (Wildman–Crippen LogP) is 5.38. The van der Waals surface area contributed by atoms with E-state index in [4.69, 9.17) is 0 Å². The summed E-state index contributed by atoms with van der Waals surface area (Å²) in [6, 6.07) is 25.4. The van der Waals surface area contributed by atoms with Crippen LogP contribution in [0.5, 0.6) is 0 Å². The van der Waals surface area contributed by atoms with Gasteiger partial charge in [-0.05, 0) is 44.5 Å². The summed E-state index contributed by atoms with van der Waals surface area (Å²) >= 11 is 1.69. The molecule has 1 amide bonds. The summed E-state index contributed by atoms with van der Waals surface area (Å²) in [4.78, 5) is 29.7. The smallest absolute Gasteiger partial charge is 0.267 e. The first-order valence-corrected chi connectivity index (χ1v) is 11.8. The molecule has 168 valence electrons. The molecule has 33 heavy (non-hydrogen) atoms. The van der Waals surface area contributed by atoms with Gasteiger partial charge in [0.2, 0.25) is 5.91 Å². The maximum Gasteiger partial charge on any atom is 0.267 e. The van der Waals surface area contributed by atoms with Crippen molar-refractivity contribution in [1.82, 2.24) is 14.7 Å². The number of carbonyl (C=O) groups is 1. The molecule has 2 aromatic heterocycles. The molecule has 4 rings (SSSR count). The Morgan fingerprint density at radius 1 is 0.939 bits per heavy atom. The third-order valence-corrected chi connectivity index (χ3v) is 6.61. The summed E-state index contributed by atoms with van der Waals surface area (Å²) in [5.41, 5.74) is 3.69. The number of amides is 1. The Balaban J connectivity index is 1.52. The lowest BCUT2D eigenvalue weighted by Crippen LogP contribution is -2.40. The zero-order chi connectivity index (χ0) is 23.4. The second kappa shape index (κ2) is 9.96. The first-order valence-electron chi connectivity index (χ1n) is 11.0. The monoisotopic (exact) mass is 457 g/mol. The standard InChI is InChI=1S/C27H27N3O2S/c1-19(2)29(17-23-13-15-25(33-23)22-11-9-20(3)10-12-22)27(32)18-30-26(31)16-14-24(28-30)21-7-5-4-6-8-21/h4-16,19H,17-18H2,1-3H3. The molecule has 2 heterocycles.